The summed E-state index contributed by atoms with van der Waals surface area (Å²) < 4.78 is 44.6. The molecule has 0 radical (unpaired) electrons. The number of carbonyl (C=O) groups is 3. The number of aromatic carboxylic acids is 1. The number of benzene rings is 3. The average molecular weight is 665 g/mol. The molecule has 2 N–H and O–H groups in total. The zero-order valence-corrected chi connectivity index (χ0v) is 27.6. The molecule has 0 aromatic heterocycles. The molecule has 0 atom stereocenters. The smallest absolute Gasteiger partial charge is 0.343 e. The summed E-state index contributed by atoms with van der Waals surface area (Å²) in [5.74, 6) is -2.69. The summed E-state index contributed by atoms with van der Waals surface area (Å²) in [6.07, 6.45) is 6.81. The van der Waals surface area contributed by atoms with Crippen LogP contribution in [0.1, 0.15) is 91.1 Å². The second-order valence-electron chi connectivity index (χ2n) is 11.2. The van der Waals surface area contributed by atoms with Crippen LogP contribution in [0.5, 0.6) is 5.75 Å². The maximum Gasteiger partial charge on any atom is 0.343 e. The molecule has 12 heteroatoms. The van der Waals surface area contributed by atoms with Gasteiger partial charge in [0.25, 0.3) is 10.1 Å². The molecule has 250 valence electrons. The van der Waals surface area contributed by atoms with E-state index in [0.29, 0.717) is 25.0 Å². The summed E-state index contributed by atoms with van der Waals surface area (Å²) in [4.78, 5) is 35.6. The number of nitrogens with zero attached hydrogens (tertiary/aromatic N) is 2. The summed E-state index contributed by atoms with van der Waals surface area (Å²) in [5, 5.41) is 17.9. The van der Waals surface area contributed by atoms with Crippen molar-refractivity contribution in [1.82, 2.24) is 0 Å². The standard InChI is InChI=1S/C35H40N2O9S/c1-5-32(38)45-21-11-9-8-10-12-24-13-15-25(16-14-24)34(41)46-30-20-18-26(22-28(30)33(39)40)36-37-27-17-19-29(35(4,6-2)7-3)31(23-27)47(42,43)44/h5,13-20,22-23H,1,6-12,21H2,2-4H3,(H,39,40)(H,42,43,44). The first-order valence-corrected chi connectivity index (χ1v) is 16.8. The number of carboxylic acid groups (broad SMARTS) is 1. The zero-order chi connectivity index (χ0) is 34.6. The molecule has 0 unspecified atom stereocenters. The fourth-order valence-corrected chi connectivity index (χ4v) is 5.71. The summed E-state index contributed by atoms with van der Waals surface area (Å²) in [6, 6.07) is 15.1. The van der Waals surface area contributed by atoms with Crippen LogP contribution < -0.4 is 4.74 Å². The fraction of sp³-hybridized carbons (Fsp3) is 0.343. The van der Waals surface area contributed by atoms with Crippen LogP contribution in [0.15, 0.2) is 88.4 Å². The van der Waals surface area contributed by atoms with Gasteiger partial charge in [-0.15, -0.1) is 0 Å². The quantitative estimate of drug-likeness (QED) is 0.0361. The molecular formula is C35H40N2O9S. The number of esters is 2. The van der Waals surface area contributed by atoms with Crippen molar-refractivity contribution in [2.24, 2.45) is 10.2 Å². The van der Waals surface area contributed by atoms with Gasteiger partial charge in [-0.25, -0.2) is 14.4 Å². The van der Waals surface area contributed by atoms with Crippen molar-refractivity contribution in [3.63, 3.8) is 0 Å². The highest BCUT2D eigenvalue weighted by atomic mass is 32.2. The van der Waals surface area contributed by atoms with E-state index in [4.69, 9.17) is 9.47 Å². The van der Waals surface area contributed by atoms with Crippen molar-refractivity contribution >= 4 is 39.4 Å². The van der Waals surface area contributed by atoms with Gasteiger partial charge >= 0.3 is 17.9 Å². The highest BCUT2D eigenvalue weighted by molar-refractivity contribution is 7.85. The Bertz CT molecular complexity index is 1730. The van der Waals surface area contributed by atoms with Crippen molar-refractivity contribution in [1.29, 1.82) is 0 Å². The molecule has 3 rings (SSSR count). The van der Waals surface area contributed by atoms with E-state index in [1.54, 1.807) is 24.3 Å². The molecule has 47 heavy (non-hydrogen) atoms. The first-order chi connectivity index (χ1) is 22.3. The minimum Gasteiger partial charge on any atom is -0.478 e. The van der Waals surface area contributed by atoms with Crippen molar-refractivity contribution in [3.05, 3.63) is 95.6 Å². The molecule has 0 saturated heterocycles. The molecule has 0 aliphatic rings. The first-order valence-electron chi connectivity index (χ1n) is 15.3. The second kappa shape index (κ2) is 16.8. The van der Waals surface area contributed by atoms with Crippen LogP contribution >= 0.6 is 0 Å². The summed E-state index contributed by atoms with van der Waals surface area (Å²) >= 11 is 0. The molecule has 0 aliphatic heterocycles. The third kappa shape index (κ3) is 10.4. The Morgan fingerprint density at radius 3 is 2.11 bits per heavy atom. The van der Waals surface area contributed by atoms with E-state index >= 15 is 0 Å². The fourth-order valence-electron chi connectivity index (χ4n) is 4.85. The van der Waals surface area contributed by atoms with Gasteiger partial charge in [0.05, 0.1) is 28.4 Å². The molecule has 11 nitrogen and oxygen atoms in total. The predicted octanol–water partition coefficient (Wildman–Crippen LogP) is 8.18. The van der Waals surface area contributed by atoms with Crippen molar-refractivity contribution < 1.29 is 41.9 Å². The molecule has 0 bridgehead atoms. The van der Waals surface area contributed by atoms with E-state index in [0.717, 1.165) is 43.7 Å². The third-order valence-electron chi connectivity index (χ3n) is 8.09. The molecule has 3 aromatic carbocycles. The van der Waals surface area contributed by atoms with Crippen LogP contribution in [0, 0.1) is 0 Å². The Kier molecular flexibility index (Phi) is 13.1. The Hall–Kier alpha value is -4.68. The van der Waals surface area contributed by atoms with Crippen molar-refractivity contribution in [3.8, 4) is 5.75 Å². The lowest BCUT2D eigenvalue weighted by atomic mass is 9.78. The van der Waals surface area contributed by atoms with E-state index in [1.165, 1.54) is 24.3 Å². The largest absolute Gasteiger partial charge is 0.478 e. The van der Waals surface area contributed by atoms with Crippen LogP contribution in [0.25, 0.3) is 0 Å². The maximum absolute atomic E-state index is 12.8. The third-order valence-corrected chi connectivity index (χ3v) is 8.99. The number of aryl methyl sites for hydroxylation is 1. The van der Waals surface area contributed by atoms with E-state index in [9.17, 15) is 32.5 Å². The van der Waals surface area contributed by atoms with E-state index < -0.39 is 33.4 Å². The Balaban J connectivity index is 1.67. The number of carbonyl (C=O) groups excluding carboxylic acids is 2. The van der Waals surface area contributed by atoms with Gasteiger partial charge in [0.2, 0.25) is 0 Å². The maximum atomic E-state index is 12.8. The number of rotatable bonds is 17. The minimum absolute atomic E-state index is 0.119. The van der Waals surface area contributed by atoms with E-state index in [-0.39, 0.29) is 33.1 Å². The van der Waals surface area contributed by atoms with Gasteiger partial charge in [0.1, 0.15) is 11.3 Å². The number of hydrogen-bond donors (Lipinski definition) is 2. The average Bonchev–Trinajstić information content (AvgIpc) is 3.06. The zero-order valence-electron chi connectivity index (χ0n) is 26.8. The molecule has 0 amide bonds. The first kappa shape index (κ1) is 36.8. The van der Waals surface area contributed by atoms with Crippen LogP contribution in [0.4, 0.5) is 11.4 Å². The molecule has 0 spiro atoms. The molecular weight excluding hydrogens is 624 g/mol. The molecule has 0 fully saturated rings. The van der Waals surface area contributed by atoms with Crippen LogP contribution in [-0.4, -0.2) is 42.6 Å². The van der Waals surface area contributed by atoms with E-state index in [1.807, 2.05) is 32.9 Å². The molecule has 0 aliphatic carbocycles. The normalized spacial score (nSPS) is 11.7. The second-order valence-corrected chi connectivity index (χ2v) is 12.6. The Labute approximate surface area is 275 Å². The summed E-state index contributed by atoms with van der Waals surface area (Å²) in [6.45, 7) is 9.50. The minimum atomic E-state index is -4.56. The van der Waals surface area contributed by atoms with Gasteiger partial charge in [-0.1, -0.05) is 58.4 Å². The lowest BCUT2D eigenvalue weighted by Crippen LogP contribution is -2.22. The highest BCUT2D eigenvalue weighted by Crippen LogP contribution is 2.37. The van der Waals surface area contributed by atoms with Gasteiger partial charge in [-0.05, 0) is 91.1 Å². The Morgan fingerprint density at radius 2 is 1.51 bits per heavy atom. The van der Waals surface area contributed by atoms with Crippen LogP contribution in [0.2, 0.25) is 0 Å². The van der Waals surface area contributed by atoms with Crippen molar-refractivity contribution in [2.75, 3.05) is 6.61 Å². The van der Waals surface area contributed by atoms with E-state index in [2.05, 4.69) is 16.8 Å². The number of ether oxygens (including phenoxy) is 2. The van der Waals surface area contributed by atoms with Gasteiger partial charge in [-0.2, -0.15) is 18.6 Å². The highest BCUT2D eigenvalue weighted by Gasteiger charge is 2.29. The van der Waals surface area contributed by atoms with Crippen LogP contribution in [0.3, 0.4) is 0 Å². The number of azo groups is 1. The lowest BCUT2D eigenvalue weighted by Gasteiger charge is -2.29. The van der Waals surface area contributed by atoms with Gasteiger partial charge in [0, 0.05) is 6.08 Å². The van der Waals surface area contributed by atoms with Gasteiger partial charge in [0.15, 0.2) is 0 Å². The molecule has 3 aromatic rings. The topological polar surface area (TPSA) is 169 Å². The summed E-state index contributed by atoms with van der Waals surface area (Å²) in [7, 11) is -4.56. The van der Waals surface area contributed by atoms with Crippen LogP contribution in [-0.2, 0) is 31.5 Å². The lowest BCUT2D eigenvalue weighted by molar-refractivity contribution is -0.137. The van der Waals surface area contributed by atoms with Crippen molar-refractivity contribution in [2.45, 2.75) is 76.0 Å². The summed E-state index contributed by atoms with van der Waals surface area (Å²) in [5.41, 5.74) is 1.20. The SMILES string of the molecule is C=CC(=O)OCCCCCCc1ccc(C(=O)Oc2ccc(N=Nc3ccc(C(C)(CC)CC)c(S(=O)(=O)O)c3)cc2C(=O)O)cc1. The number of hydrogen-bond acceptors (Lipinski definition) is 9. The number of carboxylic acids is 1. The predicted molar refractivity (Wildman–Crippen MR) is 176 cm³/mol. The van der Waals surface area contributed by atoms with Gasteiger partial charge in [-0.3, -0.25) is 4.55 Å². The monoisotopic (exact) mass is 664 g/mol. The number of unbranched alkanes of at least 4 members (excludes halogenated alkanes) is 3. The van der Waals surface area contributed by atoms with Gasteiger partial charge < -0.3 is 14.6 Å². The molecule has 0 saturated carbocycles. The Morgan fingerprint density at radius 1 is 0.894 bits per heavy atom. The molecule has 0 heterocycles.